The summed E-state index contributed by atoms with van der Waals surface area (Å²) in [4.78, 5) is 16.5. The number of aromatic nitrogens is 5. The molecule has 3 aromatic heterocycles. The van der Waals surface area contributed by atoms with E-state index in [2.05, 4.69) is 25.8 Å². The number of nitrogens with zero attached hydrogens (tertiary/aromatic N) is 5. The second-order valence-corrected chi connectivity index (χ2v) is 6.37. The van der Waals surface area contributed by atoms with E-state index in [1.807, 2.05) is 42.9 Å². The molecule has 0 saturated carbocycles. The van der Waals surface area contributed by atoms with Crippen LogP contribution in [-0.4, -0.2) is 44.3 Å². The number of aryl methyl sites for hydroxylation is 1. The molecule has 0 unspecified atom stereocenters. The average Bonchev–Trinajstić information content (AvgIpc) is 3.32. The molecule has 0 aliphatic rings. The highest BCUT2D eigenvalue weighted by Crippen LogP contribution is 2.12. The summed E-state index contributed by atoms with van der Waals surface area (Å²) in [7, 11) is 1.67. The van der Waals surface area contributed by atoms with Crippen LogP contribution in [0.2, 0.25) is 0 Å². The fourth-order valence-corrected chi connectivity index (χ4v) is 2.90. The number of rotatable bonds is 8. The average molecular weight is 383 g/mol. The van der Waals surface area contributed by atoms with Gasteiger partial charge < -0.3 is 15.4 Å². The van der Waals surface area contributed by atoms with Crippen molar-refractivity contribution in [2.75, 3.05) is 13.7 Å². The maximum absolute atomic E-state index is 12.2. The normalized spacial score (nSPS) is 10.8. The molecule has 0 atom stereocenters. The predicted octanol–water partition coefficient (Wildman–Crippen LogP) is 1.73. The molecule has 148 valence electrons. The van der Waals surface area contributed by atoms with Gasteiger partial charge in [-0.3, -0.25) is 4.68 Å². The molecular weight excluding hydrogens is 358 g/mol. The summed E-state index contributed by atoms with van der Waals surface area (Å²) in [6, 6.07) is 5.35. The van der Waals surface area contributed by atoms with Gasteiger partial charge in [-0.2, -0.15) is 10.2 Å². The Kier molecular flexibility index (Phi) is 6.38. The highest BCUT2D eigenvalue weighted by atomic mass is 16.5. The number of urea groups is 1. The van der Waals surface area contributed by atoms with Crippen molar-refractivity contribution in [2.45, 2.75) is 33.5 Å². The molecule has 3 aromatic rings. The molecule has 0 radical (unpaired) electrons. The molecule has 0 aliphatic heterocycles. The van der Waals surface area contributed by atoms with Crippen molar-refractivity contribution >= 4 is 6.03 Å². The molecule has 0 saturated heterocycles. The Hall–Kier alpha value is -3.20. The number of amides is 2. The van der Waals surface area contributed by atoms with Crippen LogP contribution >= 0.6 is 0 Å². The Balaban J connectivity index is 1.53. The van der Waals surface area contributed by atoms with Crippen molar-refractivity contribution in [2.24, 2.45) is 0 Å². The minimum atomic E-state index is -0.235. The zero-order valence-corrected chi connectivity index (χ0v) is 16.3. The lowest BCUT2D eigenvalue weighted by atomic mass is 10.2. The quantitative estimate of drug-likeness (QED) is 0.617. The van der Waals surface area contributed by atoms with Gasteiger partial charge >= 0.3 is 6.03 Å². The van der Waals surface area contributed by atoms with Gasteiger partial charge in [-0.1, -0.05) is 0 Å². The standard InChI is InChI=1S/C19H25N7O2/c1-14-17(15(2)25(24-14)9-10-28-3)13-22-19(27)21-12-16-5-7-20-18(11-16)26-8-4-6-23-26/h4-8,11H,9-10,12-13H2,1-3H3,(H2,21,22,27). The van der Waals surface area contributed by atoms with Crippen LogP contribution in [0.15, 0.2) is 36.8 Å². The summed E-state index contributed by atoms with van der Waals surface area (Å²) in [6.07, 6.45) is 5.22. The van der Waals surface area contributed by atoms with Crippen LogP contribution in [0.1, 0.15) is 22.5 Å². The van der Waals surface area contributed by atoms with Crippen LogP contribution in [0.4, 0.5) is 4.79 Å². The lowest BCUT2D eigenvalue weighted by Crippen LogP contribution is -2.34. The number of methoxy groups -OCH3 is 1. The van der Waals surface area contributed by atoms with Crippen LogP contribution in [-0.2, 0) is 24.4 Å². The van der Waals surface area contributed by atoms with Gasteiger partial charge in [0.2, 0.25) is 0 Å². The molecule has 9 nitrogen and oxygen atoms in total. The van der Waals surface area contributed by atoms with Crippen LogP contribution < -0.4 is 10.6 Å². The Morgan fingerprint density at radius 2 is 2.04 bits per heavy atom. The van der Waals surface area contributed by atoms with Gasteiger partial charge in [0.05, 0.1) is 18.8 Å². The van der Waals surface area contributed by atoms with E-state index >= 15 is 0 Å². The lowest BCUT2D eigenvalue weighted by Gasteiger charge is -2.09. The van der Waals surface area contributed by atoms with E-state index < -0.39 is 0 Å². The second-order valence-electron chi connectivity index (χ2n) is 6.37. The third-order valence-corrected chi connectivity index (χ3v) is 4.47. The monoisotopic (exact) mass is 383 g/mol. The van der Waals surface area contributed by atoms with Gasteiger partial charge in [0.1, 0.15) is 0 Å². The SMILES string of the molecule is COCCn1nc(C)c(CNC(=O)NCc2ccnc(-n3cccn3)c2)c1C. The van der Waals surface area contributed by atoms with Gasteiger partial charge in [-0.15, -0.1) is 0 Å². The zero-order chi connectivity index (χ0) is 19.9. The number of pyridine rings is 1. The third-order valence-electron chi connectivity index (χ3n) is 4.47. The Bertz CT molecular complexity index is 919. The number of carbonyl (C=O) groups excluding carboxylic acids is 1. The molecular formula is C19H25N7O2. The molecule has 2 N–H and O–H groups in total. The van der Waals surface area contributed by atoms with Crippen LogP contribution in [0, 0.1) is 13.8 Å². The predicted molar refractivity (Wildman–Crippen MR) is 104 cm³/mol. The van der Waals surface area contributed by atoms with E-state index in [4.69, 9.17) is 4.74 Å². The molecule has 0 aliphatic carbocycles. The van der Waals surface area contributed by atoms with Crippen molar-refractivity contribution < 1.29 is 9.53 Å². The summed E-state index contributed by atoms with van der Waals surface area (Å²) in [5.74, 6) is 0.708. The summed E-state index contributed by atoms with van der Waals surface area (Å²) in [6.45, 7) is 6.05. The van der Waals surface area contributed by atoms with Gasteiger partial charge in [-0.05, 0) is 37.6 Å². The molecule has 28 heavy (non-hydrogen) atoms. The Labute approximate surface area is 163 Å². The van der Waals surface area contributed by atoms with Gasteiger partial charge in [-0.25, -0.2) is 14.5 Å². The van der Waals surface area contributed by atoms with E-state index in [0.717, 1.165) is 22.5 Å². The third kappa shape index (κ3) is 4.74. The Morgan fingerprint density at radius 3 is 2.79 bits per heavy atom. The number of ether oxygens (including phenoxy) is 1. The van der Waals surface area contributed by atoms with Crippen molar-refractivity contribution in [1.29, 1.82) is 0 Å². The number of hydrogen-bond acceptors (Lipinski definition) is 5. The number of carbonyl (C=O) groups is 1. The van der Waals surface area contributed by atoms with Gasteiger partial charge in [0, 0.05) is 50.0 Å². The van der Waals surface area contributed by atoms with E-state index in [9.17, 15) is 4.79 Å². The summed E-state index contributed by atoms with van der Waals surface area (Å²) < 4.78 is 8.68. The highest BCUT2D eigenvalue weighted by Gasteiger charge is 2.12. The molecule has 2 amide bonds. The largest absolute Gasteiger partial charge is 0.383 e. The highest BCUT2D eigenvalue weighted by molar-refractivity contribution is 5.73. The van der Waals surface area contributed by atoms with E-state index in [0.29, 0.717) is 32.1 Å². The molecule has 9 heteroatoms. The summed E-state index contributed by atoms with van der Waals surface area (Å²) in [5, 5.41) is 14.4. The first-order valence-corrected chi connectivity index (χ1v) is 9.07. The topological polar surface area (TPSA) is 98.9 Å². The van der Waals surface area contributed by atoms with Crippen molar-refractivity contribution in [3.05, 3.63) is 59.3 Å². The van der Waals surface area contributed by atoms with Crippen molar-refractivity contribution in [3.63, 3.8) is 0 Å². The first-order chi connectivity index (χ1) is 13.6. The minimum Gasteiger partial charge on any atom is -0.383 e. The molecule has 0 bridgehead atoms. The van der Waals surface area contributed by atoms with Crippen LogP contribution in [0.3, 0.4) is 0 Å². The molecule has 0 spiro atoms. The minimum absolute atomic E-state index is 0.235. The van der Waals surface area contributed by atoms with Gasteiger partial charge in [0.15, 0.2) is 5.82 Å². The fraction of sp³-hybridized carbons (Fsp3) is 0.368. The molecule has 3 rings (SSSR count). The van der Waals surface area contributed by atoms with Crippen molar-refractivity contribution in [3.8, 4) is 5.82 Å². The second kappa shape index (κ2) is 9.14. The van der Waals surface area contributed by atoms with Crippen LogP contribution in [0.5, 0.6) is 0 Å². The van der Waals surface area contributed by atoms with Gasteiger partial charge in [0.25, 0.3) is 0 Å². The smallest absolute Gasteiger partial charge is 0.315 e. The summed E-state index contributed by atoms with van der Waals surface area (Å²) >= 11 is 0. The number of hydrogen-bond donors (Lipinski definition) is 2. The maximum atomic E-state index is 12.2. The molecule has 0 aromatic carbocycles. The number of nitrogens with one attached hydrogen (secondary N) is 2. The Morgan fingerprint density at radius 1 is 1.21 bits per heavy atom. The summed E-state index contributed by atoms with van der Waals surface area (Å²) in [5.41, 5.74) is 3.91. The fourth-order valence-electron chi connectivity index (χ4n) is 2.90. The van der Waals surface area contributed by atoms with Crippen LogP contribution in [0.25, 0.3) is 5.82 Å². The first kappa shape index (κ1) is 19.6. The maximum Gasteiger partial charge on any atom is 0.315 e. The lowest BCUT2D eigenvalue weighted by molar-refractivity contribution is 0.182. The molecule has 0 fully saturated rings. The zero-order valence-electron chi connectivity index (χ0n) is 16.3. The van der Waals surface area contributed by atoms with Crippen molar-refractivity contribution in [1.82, 2.24) is 35.2 Å². The molecule has 3 heterocycles. The first-order valence-electron chi connectivity index (χ1n) is 9.07. The van der Waals surface area contributed by atoms with E-state index in [-0.39, 0.29) is 6.03 Å². The van der Waals surface area contributed by atoms with E-state index in [1.165, 1.54) is 0 Å². The van der Waals surface area contributed by atoms with E-state index in [1.54, 1.807) is 24.2 Å².